The van der Waals surface area contributed by atoms with Gasteiger partial charge in [0.2, 0.25) is 0 Å². The molecule has 0 fully saturated rings. The normalized spacial score (nSPS) is 15.7. The van der Waals surface area contributed by atoms with Gasteiger partial charge in [-0.15, -0.1) is 0 Å². The Kier molecular flexibility index (Phi) is 5.68. The molecule has 2 aromatic rings. The van der Waals surface area contributed by atoms with Gasteiger partial charge in [-0.3, -0.25) is 9.78 Å². The fourth-order valence-corrected chi connectivity index (χ4v) is 2.38. The van der Waals surface area contributed by atoms with Crippen LogP contribution in [0.1, 0.15) is 5.56 Å². The Morgan fingerprint density at radius 1 is 1.31 bits per heavy atom. The summed E-state index contributed by atoms with van der Waals surface area (Å²) in [6.07, 6.45) is 4.50. The molecule has 2 N–H and O–H groups in total. The maximum absolute atomic E-state index is 12.1. The summed E-state index contributed by atoms with van der Waals surface area (Å²) in [5.41, 5.74) is 0.850. The first kappa shape index (κ1) is 17.3. The zero-order valence-corrected chi connectivity index (χ0v) is 14.0. The first-order valence-corrected chi connectivity index (χ1v) is 8.15. The van der Waals surface area contributed by atoms with Gasteiger partial charge in [-0.2, -0.15) is 5.26 Å². The number of nitriles is 1. The Morgan fingerprint density at radius 3 is 2.92 bits per heavy atom. The Labute approximate surface area is 151 Å². The highest BCUT2D eigenvalue weighted by atomic mass is 16.6. The van der Waals surface area contributed by atoms with E-state index in [1.165, 1.54) is 6.20 Å². The number of fused-ring (bicyclic) bond motifs is 1. The van der Waals surface area contributed by atoms with Crippen molar-refractivity contribution in [3.8, 4) is 17.6 Å². The summed E-state index contributed by atoms with van der Waals surface area (Å²) < 4.78 is 11.4. The molecule has 1 aliphatic heterocycles. The van der Waals surface area contributed by atoms with Crippen molar-refractivity contribution in [1.82, 2.24) is 15.6 Å². The summed E-state index contributed by atoms with van der Waals surface area (Å²) in [6.45, 7) is 1.12. The third-order valence-corrected chi connectivity index (χ3v) is 3.70. The summed E-state index contributed by atoms with van der Waals surface area (Å²) in [5, 5.41) is 14.8. The standard InChI is InChI=1S/C19H18N4O3/c20-8-15(19(24)23-10-14-4-3-7-21-9-14)11-22-12-16-13-25-17-5-1-2-6-18(17)26-16/h1-7,9,11,16,22H,10,12-13H2,(H,23,24)/b15-11-. The van der Waals surface area contributed by atoms with Crippen molar-refractivity contribution in [3.63, 3.8) is 0 Å². The van der Waals surface area contributed by atoms with Crippen LogP contribution < -0.4 is 20.1 Å². The second kappa shape index (κ2) is 8.53. The van der Waals surface area contributed by atoms with Gasteiger partial charge in [0, 0.05) is 25.1 Å². The van der Waals surface area contributed by atoms with Gasteiger partial charge in [0.25, 0.3) is 5.91 Å². The third-order valence-electron chi connectivity index (χ3n) is 3.70. The van der Waals surface area contributed by atoms with Crippen LogP contribution in [0.2, 0.25) is 0 Å². The molecule has 1 amide bonds. The summed E-state index contributed by atoms with van der Waals surface area (Å²) in [7, 11) is 0. The maximum Gasteiger partial charge on any atom is 0.263 e. The molecular weight excluding hydrogens is 332 g/mol. The summed E-state index contributed by atoms with van der Waals surface area (Å²) >= 11 is 0. The number of hydrogen-bond donors (Lipinski definition) is 2. The van der Waals surface area contributed by atoms with Crippen LogP contribution in [-0.2, 0) is 11.3 Å². The lowest BCUT2D eigenvalue weighted by Gasteiger charge is -2.26. The Bertz CT molecular complexity index is 830. The van der Waals surface area contributed by atoms with Gasteiger partial charge >= 0.3 is 0 Å². The van der Waals surface area contributed by atoms with E-state index in [0.717, 1.165) is 5.56 Å². The lowest BCUT2D eigenvalue weighted by molar-refractivity contribution is -0.117. The largest absolute Gasteiger partial charge is 0.486 e. The predicted molar refractivity (Wildman–Crippen MR) is 94.1 cm³/mol. The second-order valence-electron chi connectivity index (χ2n) is 5.62. The zero-order valence-electron chi connectivity index (χ0n) is 14.0. The molecule has 0 aliphatic carbocycles. The zero-order chi connectivity index (χ0) is 18.2. The van der Waals surface area contributed by atoms with Crippen LogP contribution in [0.25, 0.3) is 0 Å². The molecule has 26 heavy (non-hydrogen) atoms. The molecule has 0 saturated carbocycles. The van der Waals surface area contributed by atoms with Crippen LogP contribution in [-0.4, -0.2) is 30.1 Å². The van der Waals surface area contributed by atoms with Crippen molar-refractivity contribution in [2.75, 3.05) is 13.2 Å². The quantitative estimate of drug-likeness (QED) is 0.606. The van der Waals surface area contributed by atoms with Gasteiger partial charge in [-0.25, -0.2) is 0 Å². The highest BCUT2D eigenvalue weighted by molar-refractivity contribution is 5.97. The van der Waals surface area contributed by atoms with Crippen LogP contribution in [0.4, 0.5) is 0 Å². The number of ether oxygens (including phenoxy) is 2. The molecule has 7 heteroatoms. The first-order valence-electron chi connectivity index (χ1n) is 8.15. The van der Waals surface area contributed by atoms with E-state index in [1.807, 2.05) is 36.4 Å². The van der Waals surface area contributed by atoms with Gasteiger partial charge in [0.1, 0.15) is 24.4 Å². The minimum absolute atomic E-state index is 0.00832. The van der Waals surface area contributed by atoms with Gasteiger partial charge in [0.15, 0.2) is 11.5 Å². The van der Waals surface area contributed by atoms with E-state index in [2.05, 4.69) is 15.6 Å². The van der Waals surface area contributed by atoms with E-state index in [1.54, 1.807) is 18.5 Å². The fraction of sp³-hybridized carbons (Fsp3) is 0.211. The number of carbonyl (C=O) groups is 1. The minimum Gasteiger partial charge on any atom is -0.486 e. The first-order chi connectivity index (χ1) is 12.8. The topological polar surface area (TPSA) is 96.3 Å². The Morgan fingerprint density at radius 2 is 2.15 bits per heavy atom. The molecule has 3 rings (SSSR count). The van der Waals surface area contributed by atoms with Crippen molar-refractivity contribution in [2.24, 2.45) is 0 Å². The van der Waals surface area contributed by atoms with Gasteiger partial charge in [-0.1, -0.05) is 18.2 Å². The van der Waals surface area contributed by atoms with Crippen molar-refractivity contribution < 1.29 is 14.3 Å². The lowest BCUT2D eigenvalue weighted by atomic mass is 10.2. The highest BCUT2D eigenvalue weighted by Gasteiger charge is 2.20. The maximum atomic E-state index is 12.1. The molecule has 7 nitrogen and oxygen atoms in total. The number of hydrogen-bond acceptors (Lipinski definition) is 6. The van der Waals surface area contributed by atoms with E-state index in [4.69, 9.17) is 9.47 Å². The number of nitrogens with zero attached hydrogens (tertiary/aromatic N) is 2. The van der Waals surface area contributed by atoms with Gasteiger partial charge in [-0.05, 0) is 23.8 Å². The number of benzene rings is 1. The molecule has 132 valence electrons. The molecule has 0 spiro atoms. The average molecular weight is 350 g/mol. The number of aromatic nitrogens is 1. The number of carbonyl (C=O) groups excluding carboxylic acids is 1. The van der Waals surface area contributed by atoms with Crippen molar-refractivity contribution in [2.45, 2.75) is 12.6 Å². The Hall–Kier alpha value is -3.53. The molecule has 1 atom stereocenters. The molecule has 0 bridgehead atoms. The molecular formula is C19H18N4O3. The number of para-hydroxylation sites is 2. The number of pyridine rings is 1. The Balaban J connectivity index is 1.49. The van der Waals surface area contributed by atoms with Crippen LogP contribution in [0.3, 0.4) is 0 Å². The minimum atomic E-state index is -0.449. The average Bonchev–Trinajstić information content (AvgIpc) is 2.70. The molecule has 1 aliphatic rings. The summed E-state index contributed by atoms with van der Waals surface area (Å²) in [4.78, 5) is 16.1. The van der Waals surface area contributed by atoms with E-state index in [-0.39, 0.29) is 11.7 Å². The monoisotopic (exact) mass is 350 g/mol. The fourth-order valence-electron chi connectivity index (χ4n) is 2.38. The lowest BCUT2D eigenvalue weighted by Crippen LogP contribution is -2.37. The molecule has 1 aromatic carbocycles. The molecule has 0 radical (unpaired) electrons. The third kappa shape index (κ3) is 4.51. The summed E-state index contributed by atoms with van der Waals surface area (Å²) in [5.74, 6) is 0.950. The molecule has 1 aromatic heterocycles. The molecule has 0 saturated heterocycles. The van der Waals surface area contributed by atoms with Crippen molar-refractivity contribution in [1.29, 1.82) is 5.26 Å². The van der Waals surface area contributed by atoms with Crippen LogP contribution in [0.5, 0.6) is 11.5 Å². The summed E-state index contributed by atoms with van der Waals surface area (Å²) in [6, 6.07) is 13.0. The van der Waals surface area contributed by atoms with Crippen LogP contribution in [0.15, 0.2) is 60.6 Å². The molecule has 2 heterocycles. The van der Waals surface area contributed by atoms with E-state index < -0.39 is 5.91 Å². The van der Waals surface area contributed by atoms with Gasteiger partial charge in [0.05, 0.1) is 6.54 Å². The smallest absolute Gasteiger partial charge is 0.263 e. The SMILES string of the molecule is N#C/C(=C/NCC1COc2ccccc2O1)C(=O)NCc1cccnc1. The van der Waals surface area contributed by atoms with Crippen molar-refractivity contribution >= 4 is 5.91 Å². The number of amides is 1. The van der Waals surface area contributed by atoms with E-state index in [9.17, 15) is 10.1 Å². The highest BCUT2D eigenvalue weighted by Crippen LogP contribution is 2.30. The second-order valence-corrected chi connectivity index (χ2v) is 5.62. The van der Waals surface area contributed by atoms with E-state index in [0.29, 0.717) is 31.2 Å². The van der Waals surface area contributed by atoms with Crippen LogP contribution >= 0.6 is 0 Å². The molecule has 1 unspecified atom stereocenters. The van der Waals surface area contributed by atoms with Crippen molar-refractivity contribution in [3.05, 3.63) is 66.1 Å². The number of rotatable bonds is 6. The van der Waals surface area contributed by atoms with Crippen LogP contribution in [0, 0.1) is 11.3 Å². The van der Waals surface area contributed by atoms with E-state index >= 15 is 0 Å². The number of nitrogens with one attached hydrogen (secondary N) is 2. The van der Waals surface area contributed by atoms with Gasteiger partial charge < -0.3 is 20.1 Å². The predicted octanol–water partition coefficient (Wildman–Crippen LogP) is 1.53.